The van der Waals surface area contributed by atoms with Gasteiger partial charge in [-0.1, -0.05) is 116 Å². The minimum atomic E-state index is -0.231. The van der Waals surface area contributed by atoms with Crippen molar-refractivity contribution in [1.82, 2.24) is 0 Å². The number of hydrogen-bond donors (Lipinski definition) is 2. The molecule has 1 aliphatic carbocycles. The quantitative estimate of drug-likeness (QED) is 0.191. The number of hydrogen-bond acceptors (Lipinski definition) is 4. The molecule has 0 fully saturated rings. The number of nitrogens with one attached hydrogen (secondary N) is 1. The SMILES string of the molecule is CC1C=C(C=Nc2ccccc2C(N)c2ccccc2)C=CC1Nc1ccccc1-c1ccc2c(c1)oc1ccccc12. The Labute approximate surface area is 251 Å². The maximum atomic E-state index is 6.62. The number of rotatable bonds is 7. The molecule has 0 radical (unpaired) electrons. The molecule has 3 unspecified atom stereocenters. The lowest BCUT2D eigenvalue weighted by Crippen LogP contribution is -2.26. The molecule has 0 saturated carbocycles. The van der Waals surface area contributed by atoms with Crippen molar-refractivity contribution in [2.45, 2.75) is 19.0 Å². The lowest BCUT2D eigenvalue weighted by molar-refractivity contribution is 0.658. The Hall–Kier alpha value is -5.19. The van der Waals surface area contributed by atoms with Gasteiger partial charge in [0.2, 0.25) is 0 Å². The number of aliphatic imine (C=N–C) groups is 1. The molecule has 0 aliphatic heterocycles. The molecule has 3 atom stereocenters. The minimum absolute atomic E-state index is 0.145. The van der Waals surface area contributed by atoms with Crippen molar-refractivity contribution in [1.29, 1.82) is 0 Å². The summed E-state index contributed by atoms with van der Waals surface area (Å²) in [6.07, 6.45) is 8.58. The van der Waals surface area contributed by atoms with Gasteiger partial charge in [0.15, 0.2) is 0 Å². The average Bonchev–Trinajstić information content (AvgIpc) is 3.43. The van der Waals surface area contributed by atoms with Gasteiger partial charge in [0.05, 0.1) is 17.8 Å². The summed E-state index contributed by atoms with van der Waals surface area (Å²) in [6.45, 7) is 2.23. The van der Waals surface area contributed by atoms with Crippen LogP contribution in [0, 0.1) is 5.92 Å². The van der Waals surface area contributed by atoms with E-state index in [4.69, 9.17) is 15.1 Å². The van der Waals surface area contributed by atoms with Crippen LogP contribution < -0.4 is 11.1 Å². The fraction of sp³-hybridized carbons (Fsp3) is 0.103. The first kappa shape index (κ1) is 26.7. The molecule has 1 heterocycles. The van der Waals surface area contributed by atoms with Crippen LogP contribution >= 0.6 is 0 Å². The van der Waals surface area contributed by atoms with E-state index >= 15 is 0 Å². The fourth-order valence-electron chi connectivity index (χ4n) is 5.90. The number of anilines is 1. The minimum Gasteiger partial charge on any atom is -0.456 e. The zero-order chi connectivity index (χ0) is 29.2. The van der Waals surface area contributed by atoms with Gasteiger partial charge in [-0.25, -0.2) is 0 Å². The van der Waals surface area contributed by atoms with Gasteiger partial charge in [-0.15, -0.1) is 0 Å². The normalized spacial score (nSPS) is 17.4. The Morgan fingerprint density at radius 1 is 0.791 bits per heavy atom. The van der Waals surface area contributed by atoms with Gasteiger partial charge in [-0.2, -0.15) is 0 Å². The maximum Gasteiger partial charge on any atom is 0.136 e. The van der Waals surface area contributed by atoms with Gasteiger partial charge < -0.3 is 15.5 Å². The van der Waals surface area contributed by atoms with Crippen molar-refractivity contribution in [2.75, 3.05) is 5.32 Å². The van der Waals surface area contributed by atoms with E-state index in [9.17, 15) is 0 Å². The van der Waals surface area contributed by atoms with Crippen molar-refractivity contribution < 1.29 is 4.42 Å². The predicted octanol–water partition coefficient (Wildman–Crippen LogP) is 9.62. The number of allylic oxidation sites excluding steroid dienone is 2. The van der Waals surface area contributed by atoms with Crippen molar-refractivity contribution in [2.24, 2.45) is 16.6 Å². The highest BCUT2D eigenvalue weighted by Gasteiger charge is 2.19. The molecule has 0 saturated heterocycles. The van der Waals surface area contributed by atoms with Crippen LogP contribution in [0.2, 0.25) is 0 Å². The van der Waals surface area contributed by atoms with Crippen LogP contribution in [-0.2, 0) is 0 Å². The highest BCUT2D eigenvalue weighted by Crippen LogP contribution is 2.36. The smallest absolute Gasteiger partial charge is 0.136 e. The van der Waals surface area contributed by atoms with Gasteiger partial charge in [0.25, 0.3) is 0 Å². The molecule has 1 aromatic heterocycles. The predicted molar refractivity (Wildman–Crippen MR) is 180 cm³/mol. The third-order valence-electron chi connectivity index (χ3n) is 8.24. The van der Waals surface area contributed by atoms with Gasteiger partial charge >= 0.3 is 0 Å². The average molecular weight is 560 g/mol. The molecule has 4 nitrogen and oxygen atoms in total. The van der Waals surface area contributed by atoms with Crippen LogP contribution in [0.4, 0.5) is 11.4 Å². The third kappa shape index (κ3) is 5.41. The summed E-state index contributed by atoms with van der Waals surface area (Å²) in [7, 11) is 0. The largest absolute Gasteiger partial charge is 0.456 e. The highest BCUT2D eigenvalue weighted by molar-refractivity contribution is 6.06. The Morgan fingerprint density at radius 2 is 1.53 bits per heavy atom. The molecule has 5 aromatic carbocycles. The zero-order valence-electron chi connectivity index (χ0n) is 24.0. The van der Waals surface area contributed by atoms with E-state index in [1.54, 1.807) is 0 Å². The Morgan fingerprint density at radius 3 is 2.42 bits per heavy atom. The highest BCUT2D eigenvalue weighted by atomic mass is 16.3. The topological polar surface area (TPSA) is 63.5 Å². The zero-order valence-corrected chi connectivity index (χ0v) is 24.0. The van der Waals surface area contributed by atoms with Crippen LogP contribution in [0.1, 0.15) is 24.1 Å². The summed E-state index contributed by atoms with van der Waals surface area (Å²) >= 11 is 0. The van der Waals surface area contributed by atoms with E-state index in [-0.39, 0.29) is 18.0 Å². The molecule has 0 spiro atoms. The molecule has 4 heteroatoms. The number of nitrogens with two attached hydrogens (primary N) is 1. The Bertz CT molecular complexity index is 2000. The van der Waals surface area contributed by atoms with Crippen LogP contribution in [-0.4, -0.2) is 12.3 Å². The van der Waals surface area contributed by atoms with Gasteiger partial charge in [-0.3, -0.25) is 4.99 Å². The summed E-state index contributed by atoms with van der Waals surface area (Å²) in [5.41, 5.74) is 15.8. The summed E-state index contributed by atoms with van der Waals surface area (Å²) in [5.74, 6) is 0.263. The van der Waals surface area contributed by atoms with Crippen molar-refractivity contribution >= 4 is 39.5 Å². The molecule has 43 heavy (non-hydrogen) atoms. The van der Waals surface area contributed by atoms with E-state index in [0.717, 1.165) is 61.1 Å². The third-order valence-corrected chi connectivity index (χ3v) is 8.24. The first-order chi connectivity index (χ1) is 21.1. The van der Waals surface area contributed by atoms with Crippen molar-refractivity contribution in [3.05, 3.63) is 156 Å². The van der Waals surface area contributed by atoms with E-state index in [0.29, 0.717) is 0 Å². The number of nitrogens with zero attached hydrogens (tertiary/aromatic N) is 1. The maximum absolute atomic E-state index is 6.62. The fourth-order valence-corrected chi connectivity index (χ4v) is 5.90. The lowest BCUT2D eigenvalue weighted by Gasteiger charge is -2.26. The number of furan rings is 1. The molecule has 0 bridgehead atoms. The van der Waals surface area contributed by atoms with E-state index in [1.165, 1.54) is 0 Å². The first-order valence-corrected chi connectivity index (χ1v) is 14.7. The van der Waals surface area contributed by atoms with Crippen molar-refractivity contribution in [3.63, 3.8) is 0 Å². The molecule has 210 valence electrons. The number of benzene rings is 5. The van der Waals surface area contributed by atoms with Crippen LogP contribution in [0.25, 0.3) is 33.1 Å². The Kier molecular flexibility index (Phi) is 7.20. The van der Waals surface area contributed by atoms with E-state index in [2.05, 4.69) is 103 Å². The Balaban J connectivity index is 1.09. The molecule has 6 aromatic rings. The number of fused-ring (bicyclic) bond motifs is 3. The molecular weight excluding hydrogens is 526 g/mol. The summed E-state index contributed by atoms with van der Waals surface area (Å²) in [4.78, 5) is 4.86. The standard InChI is InChI=1S/C39H33N3O/c1-26-23-27(25-41-35-16-8-6-15-33(35)39(40)28-11-3-2-4-12-28)19-22-34(26)42-36-17-9-5-13-30(36)29-20-21-32-31-14-7-10-18-37(31)43-38(32)24-29/h2-26,34,39,42H,40H2,1H3. The van der Waals surface area contributed by atoms with E-state index < -0.39 is 0 Å². The number of para-hydroxylation sites is 3. The summed E-state index contributed by atoms with van der Waals surface area (Å²) < 4.78 is 6.17. The molecule has 1 aliphatic rings. The second-order valence-corrected chi connectivity index (χ2v) is 11.1. The van der Waals surface area contributed by atoms with Crippen LogP contribution in [0.15, 0.2) is 155 Å². The molecule has 3 N–H and O–H groups in total. The van der Waals surface area contributed by atoms with Crippen LogP contribution in [0.5, 0.6) is 0 Å². The summed E-state index contributed by atoms with van der Waals surface area (Å²) in [6, 6.07) is 41.3. The second kappa shape index (κ2) is 11.6. The second-order valence-electron chi connectivity index (χ2n) is 11.1. The first-order valence-electron chi connectivity index (χ1n) is 14.7. The lowest BCUT2D eigenvalue weighted by atomic mass is 9.92. The molecular formula is C39H33N3O. The van der Waals surface area contributed by atoms with Crippen molar-refractivity contribution in [3.8, 4) is 11.1 Å². The van der Waals surface area contributed by atoms with E-state index in [1.807, 2.05) is 54.7 Å². The summed E-state index contributed by atoms with van der Waals surface area (Å²) in [5, 5.41) is 6.07. The monoisotopic (exact) mass is 559 g/mol. The van der Waals surface area contributed by atoms with Gasteiger partial charge in [0, 0.05) is 28.2 Å². The van der Waals surface area contributed by atoms with Gasteiger partial charge in [-0.05, 0) is 58.5 Å². The molecule has 7 rings (SSSR count). The van der Waals surface area contributed by atoms with Crippen LogP contribution in [0.3, 0.4) is 0 Å². The molecule has 0 amide bonds. The van der Waals surface area contributed by atoms with Gasteiger partial charge in [0.1, 0.15) is 11.2 Å².